The minimum atomic E-state index is 0.232. The van der Waals surface area contributed by atoms with Crippen molar-refractivity contribution in [2.75, 3.05) is 6.61 Å². The van der Waals surface area contributed by atoms with Crippen molar-refractivity contribution in [1.82, 2.24) is 0 Å². The van der Waals surface area contributed by atoms with Gasteiger partial charge in [0.15, 0.2) is 0 Å². The molecule has 1 fully saturated rings. The summed E-state index contributed by atoms with van der Waals surface area (Å²) in [5, 5.41) is 0. The molecular weight excluding hydrogens is 324 g/mol. The summed E-state index contributed by atoms with van der Waals surface area (Å²) in [6.45, 7) is 3.08. The van der Waals surface area contributed by atoms with E-state index < -0.39 is 0 Å². The summed E-state index contributed by atoms with van der Waals surface area (Å²) in [5.41, 5.74) is 2.67. The second-order valence-electron chi connectivity index (χ2n) is 5.90. The summed E-state index contributed by atoms with van der Waals surface area (Å²) in [5.74, 6) is 0.883. The molecule has 0 aliphatic carbocycles. The van der Waals surface area contributed by atoms with Crippen molar-refractivity contribution in [2.45, 2.75) is 30.2 Å². The summed E-state index contributed by atoms with van der Waals surface area (Å²) in [6, 6.07) is 21.4. The zero-order valence-corrected chi connectivity index (χ0v) is 13.9. The Kier molecular flexibility index (Phi) is 4.77. The smallest absolute Gasteiger partial charge is 0.0695 e. The lowest BCUT2D eigenvalue weighted by Gasteiger charge is -2.36. The average molecular weight is 345 g/mol. The molecule has 1 aliphatic rings. The number of alkyl halides is 1. The van der Waals surface area contributed by atoms with Crippen molar-refractivity contribution in [2.24, 2.45) is 5.92 Å². The molecule has 0 saturated carbocycles. The van der Waals surface area contributed by atoms with Crippen LogP contribution in [0.4, 0.5) is 0 Å². The number of halogens is 1. The fourth-order valence-corrected chi connectivity index (χ4v) is 3.60. The van der Waals surface area contributed by atoms with Crippen LogP contribution in [0.5, 0.6) is 0 Å². The predicted octanol–water partition coefficient (Wildman–Crippen LogP) is 5.01. The van der Waals surface area contributed by atoms with Crippen LogP contribution in [0.2, 0.25) is 0 Å². The summed E-state index contributed by atoms with van der Waals surface area (Å²) >= 11 is 3.83. The van der Waals surface area contributed by atoms with E-state index in [-0.39, 0.29) is 6.10 Å². The summed E-state index contributed by atoms with van der Waals surface area (Å²) in [7, 11) is 0. The fourth-order valence-electron chi connectivity index (χ4n) is 3.08. The molecule has 1 aliphatic heterocycles. The highest BCUT2D eigenvalue weighted by Crippen LogP contribution is 2.37. The van der Waals surface area contributed by atoms with E-state index in [4.69, 9.17) is 4.74 Å². The van der Waals surface area contributed by atoms with Crippen molar-refractivity contribution in [1.29, 1.82) is 0 Å². The molecule has 0 aromatic heterocycles. The molecule has 21 heavy (non-hydrogen) atoms. The van der Waals surface area contributed by atoms with Gasteiger partial charge in [-0.1, -0.05) is 83.5 Å². The Labute approximate surface area is 135 Å². The van der Waals surface area contributed by atoms with Gasteiger partial charge in [0.05, 0.1) is 12.7 Å². The highest BCUT2D eigenvalue weighted by molar-refractivity contribution is 9.09. The van der Waals surface area contributed by atoms with Crippen molar-refractivity contribution < 1.29 is 4.74 Å². The van der Waals surface area contributed by atoms with Crippen molar-refractivity contribution in [3.05, 3.63) is 71.8 Å². The Morgan fingerprint density at radius 3 is 1.95 bits per heavy atom. The summed E-state index contributed by atoms with van der Waals surface area (Å²) in [4.78, 5) is 0.533. The molecule has 3 atom stereocenters. The largest absolute Gasteiger partial charge is 0.377 e. The van der Waals surface area contributed by atoms with E-state index in [0.717, 1.165) is 13.0 Å². The van der Waals surface area contributed by atoms with Crippen LogP contribution in [0.25, 0.3) is 0 Å². The van der Waals surface area contributed by atoms with E-state index in [1.54, 1.807) is 0 Å². The Morgan fingerprint density at radius 2 is 1.48 bits per heavy atom. The van der Waals surface area contributed by atoms with E-state index in [2.05, 4.69) is 83.5 Å². The van der Waals surface area contributed by atoms with Gasteiger partial charge in [0.1, 0.15) is 0 Å². The molecular formula is C19H21BrO. The Bertz CT molecular complexity index is 515. The van der Waals surface area contributed by atoms with E-state index in [9.17, 15) is 0 Å². The van der Waals surface area contributed by atoms with E-state index in [0.29, 0.717) is 16.7 Å². The molecule has 1 nitrogen and oxygen atoms in total. The Morgan fingerprint density at radius 1 is 0.952 bits per heavy atom. The normalized spacial score (nSPS) is 26.0. The number of hydrogen-bond acceptors (Lipinski definition) is 1. The van der Waals surface area contributed by atoms with Crippen LogP contribution in [-0.4, -0.2) is 17.5 Å². The summed E-state index contributed by atoms with van der Waals surface area (Å²) in [6.07, 6.45) is 1.28. The number of hydrogen-bond donors (Lipinski definition) is 0. The van der Waals surface area contributed by atoms with Gasteiger partial charge >= 0.3 is 0 Å². The molecule has 1 heterocycles. The van der Waals surface area contributed by atoms with E-state index in [1.165, 1.54) is 11.1 Å². The molecule has 0 spiro atoms. The van der Waals surface area contributed by atoms with E-state index >= 15 is 0 Å². The minimum absolute atomic E-state index is 0.232. The first-order chi connectivity index (χ1) is 10.3. The molecule has 0 amide bonds. The van der Waals surface area contributed by atoms with Gasteiger partial charge in [-0.25, -0.2) is 0 Å². The molecule has 0 bridgehead atoms. The average Bonchev–Trinajstić information content (AvgIpc) is 2.53. The third kappa shape index (κ3) is 3.38. The minimum Gasteiger partial charge on any atom is -0.377 e. The van der Waals surface area contributed by atoms with Gasteiger partial charge in [0.25, 0.3) is 0 Å². The van der Waals surface area contributed by atoms with Gasteiger partial charge in [-0.3, -0.25) is 0 Å². The van der Waals surface area contributed by atoms with Crippen molar-refractivity contribution in [3.63, 3.8) is 0 Å². The molecule has 0 N–H and O–H groups in total. The van der Waals surface area contributed by atoms with Crippen molar-refractivity contribution >= 4 is 15.9 Å². The quantitative estimate of drug-likeness (QED) is 0.711. The monoisotopic (exact) mass is 344 g/mol. The molecule has 2 aromatic carbocycles. The van der Waals surface area contributed by atoms with Crippen LogP contribution in [-0.2, 0) is 4.74 Å². The molecule has 0 radical (unpaired) electrons. The second-order valence-corrected chi connectivity index (χ2v) is 7.08. The predicted molar refractivity (Wildman–Crippen MR) is 91.0 cm³/mol. The zero-order chi connectivity index (χ0) is 14.7. The van der Waals surface area contributed by atoms with Crippen molar-refractivity contribution in [3.8, 4) is 0 Å². The van der Waals surface area contributed by atoms with Crippen LogP contribution < -0.4 is 0 Å². The SMILES string of the molecule is C[C@H]1CO[C@@H](C(c2ccccc2)c2ccccc2)CC1Br. The Hall–Kier alpha value is -1.12. The molecule has 2 aromatic rings. The second kappa shape index (κ2) is 6.76. The lowest BCUT2D eigenvalue weighted by molar-refractivity contribution is -0.0148. The fraction of sp³-hybridized carbons (Fsp3) is 0.368. The highest BCUT2D eigenvalue weighted by atomic mass is 79.9. The van der Waals surface area contributed by atoms with Gasteiger partial charge in [-0.15, -0.1) is 0 Å². The summed E-state index contributed by atoms with van der Waals surface area (Å²) < 4.78 is 6.20. The lowest BCUT2D eigenvalue weighted by Crippen LogP contribution is -2.36. The van der Waals surface area contributed by atoms with Crippen LogP contribution in [0.3, 0.4) is 0 Å². The van der Waals surface area contributed by atoms with Crippen LogP contribution in [0, 0.1) is 5.92 Å². The third-order valence-electron chi connectivity index (χ3n) is 4.34. The number of rotatable bonds is 3. The topological polar surface area (TPSA) is 9.23 Å². The number of ether oxygens (including phenoxy) is 1. The van der Waals surface area contributed by atoms with E-state index in [1.807, 2.05) is 0 Å². The Balaban J connectivity index is 1.94. The third-order valence-corrected chi connectivity index (χ3v) is 5.61. The van der Waals surface area contributed by atoms with Gasteiger partial charge in [-0.05, 0) is 23.5 Å². The molecule has 3 rings (SSSR count). The zero-order valence-electron chi connectivity index (χ0n) is 12.3. The van der Waals surface area contributed by atoms with Gasteiger partial charge < -0.3 is 4.74 Å². The molecule has 1 unspecified atom stereocenters. The standard InChI is InChI=1S/C19H21BrO/c1-14-13-21-18(12-17(14)20)19(15-8-4-2-5-9-15)16-10-6-3-7-11-16/h2-11,14,17-19H,12-13H2,1H3/t14-,17?,18+/m0/s1. The maximum Gasteiger partial charge on any atom is 0.0695 e. The maximum absolute atomic E-state index is 6.20. The van der Waals surface area contributed by atoms with Crippen LogP contribution in [0.15, 0.2) is 60.7 Å². The highest BCUT2D eigenvalue weighted by Gasteiger charge is 2.33. The molecule has 2 heteroatoms. The molecule has 110 valence electrons. The first-order valence-corrected chi connectivity index (χ1v) is 8.53. The van der Waals surface area contributed by atoms with Gasteiger partial charge in [-0.2, -0.15) is 0 Å². The first kappa shape index (κ1) is 14.8. The number of benzene rings is 2. The van der Waals surface area contributed by atoms with Crippen LogP contribution >= 0.6 is 15.9 Å². The van der Waals surface area contributed by atoms with Gasteiger partial charge in [0, 0.05) is 10.7 Å². The maximum atomic E-state index is 6.20. The lowest BCUT2D eigenvalue weighted by atomic mass is 9.82. The molecule has 1 saturated heterocycles. The van der Waals surface area contributed by atoms with Crippen LogP contribution in [0.1, 0.15) is 30.4 Å². The van der Waals surface area contributed by atoms with Gasteiger partial charge in [0.2, 0.25) is 0 Å². The first-order valence-electron chi connectivity index (χ1n) is 7.61.